The highest BCUT2D eigenvalue weighted by atomic mass is 79.9. The topological polar surface area (TPSA) is 62.8 Å². The summed E-state index contributed by atoms with van der Waals surface area (Å²) in [5, 5.41) is 7.99. The minimum absolute atomic E-state index is 0.226. The molecule has 70 valence electrons. The Morgan fingerprint density at radius 3 is 2.92 bits per heavy atom. The number of halogens is 1. The Labute approximate surface area is 89.8 Å². The van der Waals surface area contributed by atoms with E-state index >= 15 is 0 Å². The number of hydrogen-bond donors (Lipinski definition) is 2. The lowest BCUT2D eigenvalue weighted by molar-refractivity contribution is 1.12. The van der Waals surface area contributed by atoms with Gasteiger partial charge < -0.3 is 5.73 Å². The van der Waals surface area contributed by atoms with Crippen LogP contribution in [0, 0.1) is 5.41 Å². The minimum atomic E-state index is 0.226. The highest BCUT2D eigenvalue weighted by Gasteiger charge is 1.96. The van der Waals surface area contributed by atoms with Crippen molar-refractivity contribution < 1.29 is 0 Å². The smallest absolute Gasteiger partial charge is 0.0960 e. The van der Waals surface area contributed by atoms with Crippen LogP contribution in [0.25, 0.3) is 0 Å². The molecule has 0 saturated heterocycles. The van der Waals surface area contributed by atoms with Gasteiger partial charge in [-0.3, -0.25) is 5.41 Å². The first-order chi connectivity index (χ1) is 6.18. The van der Waals surface area contributed by atoms with E-state index in [1.54, 1.807) is 18.0 Å². The van der Waals surface area contributed by atoms with Crippen LogP contribution in [0.2, 0.25) is 0 Å². The molecule has 0 aliphatic carbocycles. The number of nitrogens with one attached hydrogen (secondary N) is 1. The summed E-state index contributed by atoms with van der Waals surface area (Å²) in [6.07, 6.45) is 2.37. The van der Waals surface area contributed by atoms with Crippen LogP contribution >= 0.6 is 27.7 Å². The van der Waals surface area contributed by atoms with Crippen molar-refractivity contribution in [2.75, 3.05) is 5.75 Å². The maximum Gasteiger partial charge on any atom is 0.0960 e. The number of thioether (sulfide) groups is 1. The number of amidine groups is 1. The molecule has 0 bridgehead atoms. The molecule has 1 aromatic heterocycles. The van der Waals surface area contributed by atoms with E-state index in [4.69, 9.17) is 11.1 Å². The maximum atomic E-state index is 7.03. The lowest BCUT2D eigenvalue weighted by Gasteiger charge is -1.99. The Morgan fingerprint density at radius 1 is 1.62 bits per heavy atom. The SMILES string of the molecule is N=C(N)CCSc1ccc(Br)cn1. The van der Waals surface area contributed by atoms with E-state index in [9.17, 15) is 0 Å². The first-order valence-corrected chi connectivity index (χ1v) is 5.53. The summed E-state index contributed by atoms with van der Waals surface area (Å²) in [6.45, 7) is 0. The van der Waals surface area contributed by atoms with Crippen molar-refractivity contribution in [2.24, 2.45) is 5.73 Å². The molecule has 1 heterocycles. The average molecular weight is 260 g/mol. The molecule has 0 aliphatic heterocycles. The molecule has 1 rings (SSSR count). The van der Waals surface area contributed by atoms with E-state index in [2.05, 4.69) is 20.9 Å². The fraction of sp³-hybridized carbons (Fsp3) is 0.250. The third-order valence-electron chi connectivity index (χ3n) is 1.32. The van der Waals surface area contributed by atoms with Crippen molar-refractivity contribution in [1.82, 2.24) is 4.98 Å². The van der Waals surface area contributed by atoms with Gasteiger partial charge in [0.1, 0.15) is 0 Å². The predicted molar refractivity (Wildman–Crippen MR) is 59.2 cm³/mol. The van der Waals surface area contributed by atoms with Crippen LogP contribution in [0.3, 0.4) is 0 Å². The summed E-state index contributed by atoms with van der Waals surface area (Å²) < 4.78 is 0.975. The normalized spacial score (nSPS) is 9.92. The number of pyridine rings is 1. The summed E-state index contributed by atoms with van der Waals surface area (Å²) in [6, 6.07) is 3.89. The monoisotopic (exact) mass is 259 g/mol. The molecule has 0 aliphatic rings. The molecule has 3 nitrogen and oxygen atoms in total. The summed E-state index contributed by atoms with van der Waals surface area (Å²) in [4.78, 5) is 4.18. The standard InChI is InChI=1S/C8H10BrN3S/c9-6-1-2-8(12-5-6)13-4-3-7(10)11/h1-2,5H,3-4H2,(H3,10,11). The van der Waals surface area contributed by atoms with Gasteiger partial charge in [-0.25, -0.2) is 4.98 Å². The van der Waals surface area contributed by atoms with Gasteiger partial charge in [0.2, 0.25) is 0 Å². The molecule has 0 unspecified atom stereocenters. The molecule has 0 saturated carbocycles. The maximum absolute atomic E-state index is 7.03. The van der Waals surface area contributed by atoms with Gasteiger partial charge in [-0.05, 0) is 28.1 Å². The Balaban J connectivity index is 2.37. The van der Waals surface area contributed by atoms with Crippen LogP contribution in [-0.4, -0.2) is 16.6 Å². The van der Waals surface area contributed by atoms with Gasteiger partial charge in [0.05, 0.1) is 10.9 Å². The first-order valence-electron chi connectivity index (χ1n) is 3.76. The van der Waals surface area contributed by atoms with Crippen molar-refractivity contribution in [1.29, 1.82) is 5.41 Å². The molecule has 0 fully saturated rings. The summed E-state index contributed by atoms with van der Waals surface area (Å²) in [7, 11) is 0. The molecule has 1 aromatic rings. The number of rotatable bonds is 4. The van der Waals surface area contributed by atoms with Crippen LogP contribution in [0.4, 0.5) is 0 Å². The molecule has 0 amide bonds. The first kappa shape index (κ1) is 10.5. The highest BCUT2D eigenvalue weighted by molar-refractivity contribution is 9.10. The summed E-state index contributed by atoms with van der Waals surface area (Å²) in [5.41, 5.74) is 5.22. The van der Waals surface area contributed by atoms with Gasteiger partial charge >= 0.3 is 0 Å². The van der Waals surface area contributed by atoms with Crippen molar-refractivity contribution >= 4 is 33.5 Å². The zero-order chi connectivity index (χ0) is 9.68. The number of aromatic nitrogens is 1. The number of nitrogens with zero attached hydrogens (tertiary/aromatic N) is 1. The van der Waals surface area contributed by atoms with Crippen LogP contribution in [0.15, 0.2) is 27.8 Å². The Hall–Kier alpha value is -0.550. The predicted octanol–water partition coefficient (Wildman–Crippen LogP) is 2.26. The van der Waals surface area contributed by atoms with Crippen LogP contribution in [0.1, 0.15) is 6.42 Å². The van der Waals surface area contributed by atoms with Crippen LogP contribution in [0.5, 0.6) is 0 Å². The van der Waals surface area contributed by atoms with Crippen molar-refractivity contribution in [3.63, 3.8) is 0 Å². The fourth-order valence-electron chi connectivity index (χ4n) is 0.713. The van der Waals surface area contributed by atoms with Gasteiger partial charge in [-0.2, -0.15) is 0 Å². The molecule has 3 N–H and O–H groups in total. The van der Waals surface area contributed by atoms with E-state index in [0.717, 1.165) is 15.3 Å². The van der Waals surface area contributed by atoms with Gasteiger partial charge in [-0.15, -0.1) is 11.8 Å². The Kier molecular flexibility index (Phi) is 4.24. The number of nitrogens with two attached hydrogens (primary N) is 1. The highest BCUT2D eigenvalue weighted by Crippen LogP contribution is 2.17. The molecule has 0 aromatic carbocycles. The molecule has 5 heteroatoms. The van der Waals surface area contributed by atoms with Gasteiger partial charge in [0, 0.05) is 22.8 Å². The third kappa shape index (κ3) is 4.28. The molecule has 13 heavy (non-hydrogen) atoms. The molecular formula is C8H10BrN3S. The van der Waals surface area contributed by atoms with E-state index in [1.807, 2.05) is 12.1 Å². The average Bonchev–Trinajstić information content (AvgIpc) is 2.08. The van der Waals surface area contributed by atoms with Crippen molar-refractivity contribution in [3.05, 3.63) is 22.8 Å². The zero-order valence-electron chi connectivity index (χ0n) is 6.96. The fourth-order valence-corrected chi connectivity index (χ4v) is 1.77. The molecular weight excluding hydrogens is 250 g/mol. The largest absolute Gasteiger partial charge is 0.388 e. The van der Waals surface area contributed by atoms with Gasteiger partial charge in [-0.1, -0.05) is 0 Å². The van der Waals surface area contributed by atoms with E-state index < -0.39 is 0 Å². The molecule has 0 radical (unpaired) electrons. The summed E-state index contributed by atoms with van der Waals surface area (Å²) >= 11 is 4.92. The summed E-state index contributed by atoms with van der Waals surface area (Å²) in [5.74, 6) is 1.04. The molecule has 0 atom stereocenters. The lowest BCUT2D eigenvalue weighted by Crippen LogP contribution is -2.09. The third-order valence-corrected chi connectivity index (χ3v) is 2.74. The minimum Gasteiger partial charge on any atom is -0.388 e. The quantitative estimate of drug-likeness (QED) is 0.496. The molecule has 0 spiro atoms. The second-order valence-electron chi connectivity index (χ2n) is 2.44. The van der Waals surface area contributed by atoms with E-state index in [-0.39, 0.29) is 5.84 Å². The Bertz CT molecular complexity index is 286. The van der Waals surface area contributed by atoms with Crippen LogP contribution in [-0.2, 0) is 0 Å². The van der Waals surface area contributed by atoms with Gasteiger partial charge in [0.15, 0.2) is 0 Å². The van der Waals surface area contributed by atoms with E-state index in [0.29, 0.717) is 6.42 Å². The second-order valence-corrected chi connectivity index (χ2v) is 4.47. The lowest BCUT2D eigenvalue weighted by atomic mass is 10.5. The van der Waals surface area contributed by atoms with Crippen molar-refractivity contribution in [2.45, 2.75) is 11.4 Å². The van der Waals surface area contributed by atoms with Gasteiger partial charge in [0.25, 0.3) is 0 Å². The van der Waals surface area contributed by atoms with E-state index in [1.165, 1.54) is 0 Å². The second kappa shape index (κ2) is 5.24. The Morgan fingerprint density at radius 2 is 2.38 bits per heavy atom. The number of hydrogen-bond acceptors (Lipinski definition) is 3. The zero-order valence-corrected chi connectivity index (χ0v) is 9.36. The van der Waals surface area contributed by atoms with Crippen molar-refractivity contribution in [3.8, 4) is 0 Å². The van der Waals surface area contributed by atoms with Crippen LogP contribution < -0.4 is 5.73 Å².